The second-order valence-electron chi connectivity index (χ2n) is 3.98. The second-order valence-corrected chi connectivity index (χ2v) is 3.98. The number of carboxylic acids is 1. The first-order valence-corrected chi connectivity index (χ1v) is 5.32. The van der Waals surface area contributed by atoms with Crippen molar-refractivity contribution in [2.45, 2.75) is 19.3 Å². The molecule has 0 bridgehead atoms. The molecule has 1 aliphatic rings. The van der Waals surface area contributed by atoms with Crippen LogP contribution in [0.2, 0.25) is 0 Å². The third kappa shape index (κ3) is 2.24. The summed E-state index contributed by atoms with van der Waals surface area (Å²) in [4.78, 5) is 10.5. The predicted octanol–water partition coefficient (Wildman–Crippen LogP) is 2.19. The molecule has 0 amide bonds. The molecule has 0 saturated heterocycles. The Morgan fingerprint density at radius 2 is 2.12 bits per heavy atom. The minimum Gasteiger partial charge on any atom is -0.489 e. The highest BCUT2D eigenvalue weighted by molar-refractivity contribution is 5.86. The van der Waals surface area contributed by atoms with Crippen LogP contribution in [0.5, 0.6) is 5.75 Å². The summed E-state index contributed by atoms with van der Waals surface area (Å²) in [5.74, 6) is -0.288. The number of aryl methyl sites for hydroxylation is 2. The van der Waals surface area contributed by atoms with Crippen LogP contribution in [0, 0.1) is 0 Å². The van der Waals surface area contributed by atoms with Gasteiger partial charge in [0.2, 0.25) is 0 Å². The van der Waals surface area contributed by atoms with Gasteiger partial charge >= 0.3 is 5.97 Å². The van der Waals surface area contributed by atoms with Gasteiger partial charge in [-0.1, -0.05) is 12.6 Å². The molecular weight excluding hydrogens is 204 g/mol. The molecule has 0 unspecified atom stereocenters. The van der Waals surface area contributed by atoms with Crippen molar-refractivity contribution in [3.8, 4) is 5.75 Å². The SMILES string of the molecule is C=C(COc1ccc2c(c1)CCC2)C(=O)O. The van der Waals surface area contributed by atoms with Crippen molar-refractivity contribution in [2.24, 2.45) is 0 Å². The lowest BCUT2D eigenvalue weighted by Gasteiger charge is -2.07. The molecule has 2 rings (SSSR count). The average molecular weight is 218 g/mol. The summed E-state index contributed by atoms with van der Waals surface area (Å²) in [5, 5.41) is 8.64. The van der Waals surface area contributed by atoms with E-state index in [-0.39, 0.29) is 12.2 Å². The van der Waals surface area contributed by atoms with Crippen molar-refractivity contribution in [1.29, 1.82) is 0 Å². The Labute approximate surface area is 94.4 Å². The second kappa shape index (κ2) is 4.39. The van der Waals surface area contributed by atoms with Gasteiger partial charge in [0.05, 0.1) is 5.57 Å². The molecular formula is C13H14O3. The highest BCUT2D eigenvalue weighted by atomic mass is 16.5. The lowest BCUT2D eigenvalue weighted by Crippen LogP contribution is -2.08. The normalized spacial score (nSPS) is 13.2. The van der Waals surface area contributed by atoms with Crippen molar-refractivity contribution < 1.29 is 14.6 Å². The van der Waals surface area contributed by atoms with Gasteiger partial charge in [-0.3, -0.25) is 0 Å². The number of carboxylic acid groups (broad SMARTS) is 1. The zero-order valence-corrected chi connectivity index (χ0v) is 9.03. The summed E-state index contributed by atoms with van der Waals surface area (Å²) in [6.07, 6.45) is 3.42. The third-order valence-electron chi connectivity index (χ3n) is 2.79. The summed E-state index contributed by atoms with van der Waals surface area (Å²) in [5.41, 5.74) is 2.77. The number of rotatable bonds is 4. The molecule has 84 valence electrons. The molecule has 0 saturated carbocycles. The zero-order valence-electron chi connectivity index (χ0n) is 9.03. The van der Waals surface area contributed by atoms with Gasteiger partial charge < -0.3 is 9.84 Å². The maximum absolute atomic E-state index is 10.5. The van der Waals surface area contributed by atoms with Crippen LogP contribution in [0.1, 0.15) is 17.5 Å². The number of hydrogen-bond donors (Lipinski definition) is 1. The van der Waals surface area contributed by atoms with Gasteiger partial charge in [0, 0.05) is 0 Å². The van der Waals surface area contributed by atoms with E-state index < -0.39 is 5.97 Å². The van der Waals surface area contributed by atoms with Crippen LogP contribution in [0.3, 0.4) is 0 Å². The number of carbonyl (C=O) groups is 1. The summed E-state index contributed by atoms with van der Waals surface area (Å²) < 4.78 is 5.37. The molecule has 1 aromatic carbocycles. The van der Waals surface area contributed by atoms with Gasteiger partial charge in [0.1, 0.15) is 12.4 Å². The topological polar surface area (TPSA) is 46.5 Å². The Hall–Kier alpha value is -1.77. The average Bonchev–Trinajstić information content (AvgIpc) is 2.72. The van der Waals surface area contributed by atoms with E-state index in [9.17, 15) is 4.79 Å². The first kappa shape index (κ1) is 10.7. The third-order valence-corrected chi connectivity index (χ3v) is 2.79. The van der Waals surface area contributed by atoms with Crippen LogP contribution in [0.4, 0.5) is 0 Å². The molecule has 1 N–H and O–H groups in total. The number of fused-ring (bicyclic) bond motifs is 1. The summed E-state index contributed by atoms with van der Waals surface area (Å²) in [6, 6.07) is 5.94. The lowest BCUT2D eigenvalue weighted by atomic mass is 10.1. The first-order chi connectivity index (χ1) is 7.66. The van der Waals surface area contributed by atoms with Crippen LogP contribution < -0.4 is 4.74 Å². The fraction of sp³-hybridized carbons (Fsp3) is 0.308. The molecule has 0 spiro atoms. The van der Waals surface area contributed by atoms with E-state index in [0.29, 0.717) is 0 Å². The Morgan fingerprint density at radius 1 is 1.38 bits per heavy atom. The fourth-order valence-electron chi connectivity index (χ4n) is 1.87. The van der Waals surface area contributed by atoms with E-state index in [2.05, 4.69) is 12.6 Å². The molecule has 0 heterocycles. The molecule has 0 fully saturated rings. The van der Waals surface area contributed by atoms with Crippen molar-refractivity contribution in [3.05, 3.63) is 41.5 Å². The highest BCUT2D eigenvalue weighted by Crippen LogP contribution is 2.26. The number of ether oxygens (including phenoxy) is 1. The van der Waals surface area contributed by atoms with Gasteiger partial charge in [-0.2, -0.15) is 0 Å². The van der Waals surface area contributed by atoms with Gasteiger partial charge in [0.15, 0.2) is 0 Å². The monoisotopic (exact) mass is 218 g/mol. The minimum absolute atomic E-state index is 0.0358. The summed E-state index contributed by atoms with van der Waals surface area (Å²) in [7, 11) is 0. The van der Waals surface area contributed by atoms with Gasteiger partial charge in [0.25, 0.3) is 0 Å². The van der Waals surface area contributed by atoms with Gasteiger partial charge in [-0.05, 0) is 42.5 Å². The van der Waals surface area contributed by atoms with Crippen LogP contribution in [-0.2, 0) is 17.6 Å². The van der Waals surface area contributed by atoms with Crippen molar-refractivity contribution >= 4 is 5.97 Å². The van der Waals surface area contributed by atoms with Crippen molar-refractivity contribution in [1.82, 2.24) is 0 Å². The van der Waals surface area contributed by atoms with Crippen LogP contribution in [0.15, 0.2) is 30.4 Å². The van der Waals surface area contributed by atoms with Crippen LogP contribution >= 0.6 is 0 Å². The number of aliphatic carboxylic acids is 1. The zero-order chi connectivity index (χ0) is 11.5. The maximum Gasteiger partial charge on any atom is 0.334 e. The molecule has 0 aromatic heterocycles. The molecule has 16 heavy (non-hydrogen) atoms. The van der Waals surface area contributed by atoms with E-state index in [1.165, 1.54) is 17.5 Å². The van der Waals surface area contributed by atoms with Crippen molar-refractivity contribution in [3.63, 3.8) is 0 Å². The minimum atomic E-state index is -1.01. The molecule has 0 atom stereocenters. The molecule has 0 radical (unpaired) electrons. The standard InChI is InChI=1S/C13H14O3/c1-9(13(14)15)8-16-12-6-5-10-3-2-4-11(10)7-12/h5-7H,1-4,8H2,(H,14,15). The van der Waals surface area contributed by atoms with Crippen molar-refractivity contribution in [2.75, 3.05) is 6.61 Å². The van der Waals surface area contributed by atoms with E-state index in [1.54, 1.807) is 0 Å². The molecule has 0 aliphatic heterocycles. The van der Waals surface area contributed by atoms with E-state index in [0.717, 1.165) is 18.6 Å². The molecule has 1 aromatic rings. The Balaban J connectivity index is 2.00. The predicted molar refractivity (Wildman–Crippen MR) is 60.7 cm³/mol. The number of benzene rings is 1. The Morgan fingerprint density at radius 3 is 2.88 bits per heavy atom. The highest BCUT2D eigenvalue weighted by Gasteiger charge is 2.11. The Bertz CT molecular complexity index is 435. The fourth-order valence-corrected chi connectivity index (χ4v) is 1.87. The molecule has 1 aliphatic carbocycles. The van der Waals surface area contributed by atoms with E-state index >= 15 is 0 Å². The van der Waals surface area contributed by atoms with Crippen LogP contribution in [0.25, 0.3) is 0 Å². The molecule has 3 nitrogen and oxygen atoms in total. The van der Waals surface area contributed by atoms with Gasteiger partial charge in [-0.15, -0.1) is 0 Å². The van der Waals surface area contributed by atoms with Gasteiger partial charge in [-0.25, -0.2) is 4.79 Å². The van der Waals surface area contributed by atoms with E-state index in [4.69, 9.17) is 9.84 Å². The summed E-state index contributed by atoms with van der Waals surface area (Å²) >= 11 is 0. The number of hydrogen-bond acceptors (Lipinski definition) is 2. The summed E-state index contributed by atoms with van der Waals surface area (Å²) in [6.45, 7) is 3.45. The largest absolute Gasteiger partial charge is 0.489 e. The van der Waals surface area contributed by atoms with Crippen LogP contribution in [-0.4, -0.2) is 17.7 Å². The maximum atomic E-state index is 10.5. The lowest BCUT2D eigenvalue weighted by molar-refractivity contribution is -0.133. The van der Waals surface area contributed by atoms with E-state index in [1.807, 2.05) is 12.1 Å². The molecule has 3 heteroatoms. The smallest absolute Gasteiger partial charge is 0.334 e. The quantitative estimate of drug-likeness (QED) is 0.788. The first-order valence-electron chi connectivity index (χ1n) is 5.32. The Kier molecular flexibility index (Phi) is 2.95.